The number of carbonyl (C=O) groups excluding carboxylic acids is 2. The Hall–Kier alpha value is -3.09. The molecular weight excluding hydrogens is 368 g/mol. The lowest BCUT2D eigenvalue weighted by Gasteiger charge is -2.21. The lowest BCUT2D eigenvalue weighted by atomic mass is 10.0. The van der Waals surface area contributed by atoms with Crippen molar-refractivity contribution in [2.45, 2.75) is 39.3 Å². The maximum atomic E-state index is 13.0. The number of carbonyl (C=O) groups is 2. The first-order chi connectivity index (χ1) is 14.0. The van der Waals surface area contributed by atoms with E-state index in [0.29, 0.717) is 19.0 Å². The Kier molecular flexibility index (Phi) is 5.38. The van der Waals surface area contributed by atoms with E-state index in [2.05, 4.69) is 29.1 Å². The molecule has 0 radical (unpaired) electrons. The van der Waals surface area contributed by atoms with Gasteiger partial charge in [-0.05, 0) is 36.6 Å². The molecule has 2 aromatic heterocycles. The molecular formula is C22H26N4O3. The van der Waals surface area contributed by atoms with Crippen molar-refractivity contribution in [3.63, 3.8) is 0 Å². The van der Waals surface area contributed by atoms with Crippen LogP contribution in [0.5, 0.6) is 0 Å². The standard InChI is InChI=1S/C22H26N4O3/c1-14(2)10-19(21-23-17-7-3-4-8-18(17)24-21)25-22(28)15-11-20(27)26(12-15)13-16-6-5-9-29-16/h3-9,14-15,19H,10-13H2,1-2H3,(H,23,24)(H,25,28)/t15?,19-/m0/s1. The van der Waals surface area contributed by atoms with Gasteiger partial charge in [0.05, 0.1) is 35.8 Å². The highest BCUT2D eigenvalue weighted by Crippen LogP contribution is 2.25. The van der Waals surface area contributed by atoms with Crippen molar-refractivity contribution in [1.82, 2.24) is 20.2 Å². The summed E-state index contributed by atoms with van der Waals surface area (Å²) in [6.07, 6.45) is 2.58. The van der Waals surface area contributed by atoms with E-state index in [4.69, 9.17) is 4.42 Å². The van der Waals surface area contributed by atoms with Gasteiger partial charge in [-0.3, -0.25) is 9.59 Å². The lowest BCUT2D eigenvalue weighted by Crippen LogP contribution is -2.36. The Labute approximate surface area is 169 Å². The molecule has 7 nitrogen and oxygen atoms in total. The molecule has 1 unspecified atom stereocenters. The molecule has 0 spiro atoms. The zero-order valence-electron chi connectivity index (χ0n) is 16.7. The summed E-state index contributed by atoms with van der Waals surface area (Å²) in [4.78, 5) is 35.0. The van der Waals surface area contributed by atoms with Crippen LogP contribution >= 0.6 is 0 Å². The second-order valence-corrected chi connectivity index (χ2v) is 8.08. The zero-order chi connectivity index (χ0) is 20.4. The van der Waals surface area contributed by atoms with Gasteiger partial charge in [0.15, 0.2) is 0 Å². The van der Waals surface area contributed by atoms with E-state index in [1.807, 2.05) is 30.3 Å². The third kappa shape index (κ3) is 4.34. The van der Waals surface area contributed by atoms with Crippen molar-refractivity contribution in [2.75, 3.05) is 6.54 Å². The molecule has 4 rings (SSSR count). The summed E-state index contributed by atoms with van der Waals surface area (Å²) in [5, 5.41) is 3.13. The smallest absolute Gasteiger partial charge is 0.226 e. The van der Waals surface area contributed by atoms with Crippen LogP contribution in [0.1, 0.15) is 44.3 Å². The average molecular weight is 394 g/mol. The maximum absolute atomic E-state index is 13.0. The van der Waals surface area contributed by atoms with Crippen LogP contribution < -0.4 is 5.32 Å². The van der Waals surface area contributed by atoms with E-state index >= 15 is 0 Å². The van der Waals surface area contributed by atoms with Crippen LogP contribution in [0.15, 0.2) is 47.1 Å². The number of aromatic nitrogens is 2. The summed E-state index contributed by atoms with van der Waals surface area (Å²) >= 11 is 0. The minimum absolute atomic E-state index is 0.0225. The molecule has 3 heterocycles. The average Bonchev–Trinajstić information content (AvgIpc) is 3.41. The molecule has 1 aliphatic rings. The SMILES string of the molecule is CC(C)C[C@H](NC(=O)C1CC(=O)N(Cc2ccco2)C1)c1nc2ccccc2[nH]1. The topological polar surface area (TPSA) is 91.2 Å². The zero-order valence-corrected chi connectivity index (χ0v) is 16.7. The van der Waals surface area contributed by atoms with Crippen LogP contribution in [0.25, 0.3) is 11.0 Å². The third-order valence-corrected chi connectivity index (χ3v) is 5.27. The lowest BCUT2D eigenvalue weighted by molar-refractivity contribution is -0.129. The molecule has 29 heavy (non-hydrogen) atoms. The summed E-state index contributed by atoms with van der Waals surface area (Å²) < 4.78 is 5.33. The Morgan fingerprint density at radius 1 is 1.31 bits per heavy atom. The number of nitrogens with zero attached hydrogens (tertiary/aromatic N) is 2. The highest BCUT2D eigenvalue weighted by molar-refractivity contribution is 5.89. The van der Waals surface area contributed by atoms with E-state index in [1.165, 1.54) is 0 Å². The van der Waals surface area contributed by atoms with Gasteiger partial charge >= 0.3 is 0 Å². The van der Waals surface area contributed by atoms with Crippen molar-refractivity contribution in [3.8, 4) is 0 Å². The van der Waals surface area contributed by atoms with Crippen LogP contribution in [0.3, 0.4) is 0 Å². The number of hydrogen-bond acceptors (Lipinski definition) is 4. The van der Waals surface area contributed by atoms with Gasteiger partial charge in [0, 0.05) is 13.0 Å². The van der Waals surface area contributed by atoms with Crippen molar-refractivity contribution in [3.05, 3.63) is 54.2 Å². The van der Waals surface area contributed by atoms with Crippen LogP contribution in [-0.4, -0.2) is 33.2 Å². The molecule has 0 bridgehead atoms. The fourth-order valence-electron chi connectivity index (χ4n) is 3.83. The molecule has 2 N–H and O–H groups in total. The Bertz CT molecular complexity index is 960. The van der Waals surface area contributed by atoms with Gasteiger partial charge in [-0.1, -0.05) is 26.0 Å². The number of furan rings is 1. The molecule has 3 aromatic rings. The van der Waals surface area contributed by atoms with Crippen molar-refractivity contribution >= 4 is 22.8 Å². The normalized spacial score (nSPS) is 18.0. The quantitative estimate of drug-likeness (QED) is 0.642. The number of amides is 2. The maximum Gasteiger partial charge on any atom is 0.226 e. The van der Waals surface area contributed by atoms with Crippen molar-refractivity contribution < 1.29 is 14.0 Å². The van der Waals surface area contributed by atoms with Crippen LogP contribution in [0, 0.1) is 11.8 Å². The minimum atomic E-state index is -0.364. The first-order valence-electron chi connectivity index (χ1n) is 10.0. The largest absolute Gasteiger partial charge is 0.467 e. The third-order valence-electron chi connectivity index (χ3n) is 5.27. The summed E-state index contributed by atoms with van der Waals surface area (Å²) in [5.41, 5.74) is 1.83. The first-order valence-corrected chi connectivity index (χ1v) is 10.0. The molecule has 1 aromatic carbocycles. The van der Waals surface area contributed by atoms with E-state index in [1.54, 1.807) is 17.2 Å². The van der Waals surface area contributed by atoms with E-state index < -0.39 is 0 Å². The summed E-state index contributed by atoms with van der Waals surface area (Å²) in [7, 11) is 0. The molecule has 1 saturated heterocycles. The highest BCUT2D eigenvalue weighted by atomic mass is 16.3. The van der Waals surface area contributed by atoms with Crippen LogP contribution in [0.2, 0.25) is 0 Å². The van der Waals surface area contributed by atoms with Gasteiger partial charge in [0.2, 0.25) is 11.8 Å². The molecule has 2 amide bonds. The monoisotopic (exact) mass is 394 g/mol. The second-order valence-electron chi connectivity index (χ2n) is 8.08. The fourth-order valence-corrected chi connectivity index (χ4v) is 3.83. The van der Waals surface area contributed by atoms with Crippen LogP contribution in [0.4, 0.5) is 0 Å². The summed E-state index contributed by atoms with van der Waals surface area (Å²) in [6.45, 7) is 5.03. The first kappa shape index (κ1) is 19.2. The van der Waals surface area contributed by atoms with Crippen molar-refractivity contribution in [1.29, 1.82) is 0 Å². The summed E-state index contributed by atoms with van der Waals surface area (Å²) in [5.74, 6) is 1.37. The van der Waals surface area contributed by atoms with Gasteiger partial charge in [-0.15, -0.1) is 0 Å². The Morgan fingerprint density at radius 3 is 2.86 bits per heavy atom. The number of aromatic amines is 1. The predicted molar refractivity (Wildman–Crippen MR) is 109 cm³/mol. The highest BCUT2D eigenvalue weighted by Gasteiger charge is 2.35. The number of H-pyrrole nitrogens is 1. The molecule has 7 heteroatoms. The van der Waals surface area contributed by atoms with E-state index in [0.717, 1.165) is 29.0 Å². The molecule has 2 atom stereocenters. The van der Waals surface area contributed by atoms with Crippen molar-refractivity contribution in [2.24, 2.45) is 11.8 Å². The number of imidazole rings is 1. The van der Waals surface area contributed by atoms with Gasteiger partial charge < -0.3 is 19.6 Å². The number of benzene rings is 1. The Balaban J connectivity index is 1.46. The van der Waals surface area contributed by atoms with Gasteiger partial charge in [0.25, 0.3) is 0 Å². The second kappa shape index (κ2) is 8.11. The van der Waals surface area contributed by atoms with Gasteiger partial charge in [0.1, 0.15) is 11.6 Å². The number of rotatable bonds is 7. The number of para-hydroxylation sites is 2. The van der Waals surface area contributed by atoms with Gasteiger partial charge in [-0.25, -0.2) is 4.98 Å². The van der Waals surface area contributed by atoms with E-state index in [9.17, 15) is 9.59 Å². The number of hydrogen-bond donors (Lipinski definition) is 2. The fraction of sp³-hybridized carbons (Fsp3) is 0.409. The number of likely N-dealkylation sites (tertiary alicyclic amines) is 1. The molecule has 0 aliphatic carbocycles. The minimum Gasteiger partial charge on any atom is -0.467 e. The Morgan fingerprint density at radius 2 is 2.14 bits per heavy atom. The number of fused-ring (bicyclic) bond motifs is 1. The van der Waals surface area contributed by atoms with E-state index in [-0.39, 0.29) is 30.2 Å². The number of nitrogens with one attached hydrogen (secondary N) is 2. The van der Waals surface area contributed by atoms with Gasteiger partial charge in [-0.2, -0.15) is 0 Å². The molecule has 1 fully saturated rings. The molecule has 1 aliphatic heterocycles. The molecule has 152 valence electrons. The van der Waals surface area contributed by atoms with Crippen LogP contribution in [-0.2, 0) is 16.1 Å². The molecule has 0 saturated carbocycles. The summed E-state index contributed by atoms with van der Waals surface area (Å²) in [6, 6.07) is 11.2. The predicted octanol–water partition coefficient (Wildman–Crippen LogP) is 3.41.